The summed E-state index contributed by atoms with van der Waals surface area (Å²) in [7, 11) is 0. The Kier molecular flexibility index (Phi) is 4.74. The molecule has 0 atom stereocenters. The maximum absolute atomic E-state index is 12.2. The van der Waals surface area contributed by atoms with E-state index in [4.69, 9.17) is 0 Å². The van der Waals surface area contributed by atoms with Gasteiger partial charge in [-0.15, -0.1) is 5.10 Å². The van der Waals surface area contributed by atoms with E-state index in [1.807, 2.05) is 18.3 Å². The van der Waals surface area contributed by atoms with E-state index in [9.17, 15) is 4.79 Å². The predicted molar refractivity (Wildman–Crippen MR) is 75.6 cm³/mol. The number of aryl methyl sites for hydroxylation is 2. The van der Waals surface area contributed by atoms with Gasteiger partial charge in [-0.05, 0) is 36.0 Å². The number of ketones is 1. The zero-order chi connectivity index (χ0) is 13.7. The zero-order valence-corrected chi connectivity index (χ0v) is 12.0. The summed E-state index contributed by atoms with van der Waals surface area (Å²) in [4.78, 5) is 17.2. The van der Waals surface area contributed by atoms with Crippen molar-refractivity contribution in [3.8, 4) is 0 Å². The van der Waals surface area contributed by atoms with Crippen molar-refractivity contribution in [1.29, 1.82) is 0 Å². The summed E-state index contributed by atoms with van der Waals surface area (Å²) in [5, 5.41) is 4.02. The minimum atomic E-state index is 0.0650. The van der Waals surface area contributed by atoms with Crippen molar-refractivity contribution in [2.45, 2.75) is 39.5 Å². The predicted octanol–water partition coefficient (Wildman–Crippen LogP) is 2.87. The molecular weight excluding hydrogens is 258 g/mol. The maximum Gasteiger partial charge on any atom is 0.182 e. The number of carbonyl (C=O) groups excluding carboxylic acids is 1. The van der Waals surface area contributed by atoms with Crippen molar-refractivity contribution < 1.29 is 4.79 Å². The normalized spacial score (nSPS) is 10.6. The molecule has 5 heteroatoms. The molecule has 0 amide bonds. The Hall–Kier alpha value is -1.62. The Morgan fingerprint density at radius 1 is 1.32 bits per heavy atom. The van der Waals surface area contributed by atoms with Crippen molar-refractivity contribution in [2.24, 2.45) is 0 Å². The van der Waals surface area contributed by atoms with Crippen LogP contribution in [0.5, 0.6) is 0 Å². The van der Waals surface area contributed by atoms with Gasteiger partial charge < -0.3 is 0 Å². The van der Waals surface area contributed by atoms with E-state index in [-0.39, 0.29) is 5.78 Å². The summed E-state index contributed by atoms with van der Waals surface area (Å²) in [6.45, 7) is 4.15. The average Bonchev–Trinajstić information content (AvgIpc) is 2.88. The van der Waals surface area contributed by atoms with E-state index < -0.39 is 0 Å². The molecule has 19 heavy (non-hydrogen) atoms. The van der Waals surface area contributed by atoms with Crippen LogP contribution < -0.4 is 0 Å². The van der Waals surface area contributed by atoms with Crippen molar-refractivity contribution in [2.75, 3.05) is 0 Å². The SMILES string of the molecule is CCCc1nnsc1C(=O)Cc1ccc(CC)cn1. The lowest BCUT2D eigenvalue weighted by atomic mass is 10.1. The third-order valence-electron chi connectivity index (χ3n) is 2.93. The molecule has 2 rings (SSSR count). The van der Waals surface area contributed by atoms with E-state index in [1.165, 1.54) is 17.1 Å². The van der Waals surface area contributed by atoms with Gasteiger partial charge >= 0.3 is 0 Å². The van der Waals surface area contributed by atoms with Crippen LogP contribution in [0.2, 0.25) is 0 Å². The van der Waals surface area contributed by atoms with E-state index in [0.717, 1.165) is 30.7 Å². The van der Waals surface area contributed by atoms with E-state index in [2.05, 4.69) is 28.4 Å². The highest BCUT2D eigenvalue weighted by atomic mass is 32.1. The Morgan fingerprint density at radius 2 is 2.16 bits per heavy atom. The second-order valence-electron chi connectivity index (χ2n) is 4.41. The number of hydrogen-bond donors (Lipinski definition) is 0. The molecule has 0 unspecified atom stereocenters. The number of nitrogens with zero attached hydrogens (tertiary/aromatic N) is 3. The van der Waals surface area contributed by atoms with Crippen LogP contribution in [0, 0.1) is 0 Å². The molecule has 0 aliphatic rings. The molecule has 2 heterocycles. The lowest BCUT2D eigenvalue weighted by Crippen LogP contribution is -2.06. The summed E-state index contributed by atoms with van der Waals surface area (Å²) in [6, 6.07) is 3.94. The second kappa shape index (κ2) is 6.52. The molecule has 0 saturated carbocycles. The van der Waals surface area contributed by atoms with Crippen molar-refractivity contribution in [3.63, 3.8) is 0 Å². The number of aromatic nitrogens is 3. The van der Waals surface area contributed by atoms with Gasteiger partial charge in [-0.2, -0.15) is 0 Å². The first-order chi connectivity index (χ1) is 9.24. The average molecular weight is 275 g/mol. The number of rotatable bonds is 6. The molecule has 0 N–H and O–H groups in total. The van der Waals surface area contributed by atoms with Gasteiger partial charge in [0.25, 0.3) is 0 Å². The largest absolute Gasteiger partial charge is 0.293 e. The summed E-state index contributed by atoms with van der Waals surface area (Å²) in [6.07, 6.45) is 4.89. The molecule has 0 bridgehead atoms. The first-order valence-corrected chi connectivity index (χ1v) is 7.30. The van der Waals surface area contributed by atoms with E-state index in [0.29, 0.717) is 11.3 Å². The quantitative estimate of drug-likeness (QED) is 0.761. The fourth-order valence-electron chi connectivity index (χ4n) is 1.83. The lowest BCUT2D eigenvalue weighted by Gasteiger charge is -2.01. The molecule has 0 aromatic carbocycles. The molecule has 0 fully saturated rings. The monoisotopic (exact) mass is 275 g/mol. The van der Waals surface area contributed by atoms with Gasteiger partial charge in [0.05, 0.1) is 12.1 Å². The van der Waals surface area contributed by atoms with Crippen LogP contribution in [0.15, 0.2) is 18.3 Å². The third kappa shape index (κ3) is 3.44. The summed E-state index contributed by atoms with van der Waals surface area (Å²) >= 11 is 1.19. The fraction of sp³-hybridized carbons (Fsp3) is 0.429. The Balaban J connectivity index is 2.09. The summed E-state index contributed by atoms with van der Waals surface area (Å²) < 4.78 is 3.88. The molecule has 2 aromatic rings. The standard InChI is InChI=1S/C14H17N3OS/c1-3-5-12-14(19-17-16-12)13(18)8-11-7-6-10(4-2)9-15-11/h6-7,9H,3-5,8H2,1-2H3. The first kappa shape index (κ1) is 13.8. The third-order valence-corrected chi connectivity index (χ3v) is 3.74. The van der Waals surface area contributed by atoms with Gasteiger partial charge in [-0.25, -0.2) is 0 Å². The topological polar surface area (TPSA) is 55.7 Å². The lowest BCUT2D eigenvalue weighted by molar-refractivity contribution is 0.0994. The van der Waals surface area contributed by atoms with Crippen LogP contribution >= 0.6 is 11.5 Å². The van der Waals surface area contributed by atoms with Crippen molar-refractivity contribution in [3.05, 3.63) is 40.2 Å². The number of pyridine rings is 1. The van der Waals surface area contributed by atoms with Gasteiger partial charge in [0.1, 0.15) is 4.88 Å². The molecule has 0 aliphatic carbocycles. The Bertz CT molecular complexity index is 548. The van der Waals surface area contributed by atoms with Crippen molar-refractivity contribution >= 4 is 17.3 Å². The smallest absolute Gasteiger partial charge is 0.182 e. The van der Waals surface area contributed by atoms with Crippen LogP contribution in [-0.2, 0) is 19.3 Å². The fourth-order valence-corrected chi connectivity index (χ4v) is 2.48. The first-order valence-electron chi connectivity index (χ1n) is 6.52. The van der Waals surface area contributed by atoms with Crippen LogP contribution in [0.3, 0.4) is 0 Å². The number of Topliss-reactive ketones (excluding diaryl/α,β-unsaturated/α-hetero) is 1. The summed E-state index contributed by atoms with van der Waals surface area (Å²) in [5.41, 5.74) is 2.81. The molecular formula is C14H17N3OS. The van der Waals surface area contributed by atoms with Gasteiger partial charge in [-0.3, -0.25) is 9.78 Å². The van der Waals surface area contributed by atoms with Crippen LogP contribution in [0.1, 0.15) is 46.9 Å². The molecule has 2 aromatic heterocycles. The molecule has 4 nitrogen and oxygen atoms in total. The molecule has 0 radical (unpaired) electrons. The molecule has 100 valence electrons. The van der Waals surface area contributed by atoms with Gasteiger partial charge in [0, 0.05) is 11.9 Å². The maximum atomic E-state index is 12.2. The van der Waals surface area contributed by atoms with Gasteiger partial charge in [-0.1, -0.05) is 30.8 Å². The molecule has 0 saturated heterocycles. The van der Waals surface area contributed by atoms with Crippen LogP contribution in [0.25, 0.3) is 0 Å². The van der Waals surface area contributed by atoms with Crippen LogP contribution in [-0.4, -0.2) is 20.4 Å². The Morgan fingerprint density at radius 3 is 2.79 bits per heavy atom. The number of hydrogen-bond acceptors (Lipinski definition) is 5. The zero-order valence-electron chi connectivity index (χ0n) is 11.2. The van der Waals surface area contributed by atoms with Gasteiger partial charge in [0.15, 0.2) is 5.78 Å². The Labute approximate surface area is 117 Å². The number of carbonyl (C=O) groups is 1. The summed E-state index contributed by atoms with van der Waals surface area (Å²) in [5.74, 6) is 0.0650. The molecule has 0 aliphatic heterocycles. The van der Waals surface area contributed by atoms with Gasteiger partial charge in [0.2, 0.25) is 0 Å². The molecule has 0 spiro atoms. The van der Waals surface area contributed by atoms with Crippen molar-refractivity contribution in [1.82, 2.24) is 14.6 Å². The second-order valence-corrected chi connectivity index (χ2v) is 5.16. The highest BCUT2D eigenvalue weighted by Gasteiger charge is 2.16. The van der Waals surface area contributed by atoms with E-state index in [1.54, 1.807) is 0 Å². The minimum absolute atomic E-state index is 0.0650. The van der Waals surface area contributed by atoms with Crippen LogP contribution in [0.4, 0.5) is 0 Å². The van der Waals surface area contributed by atoms with E-state index >= 15 is 0 Å². The highest BCUT2D eigenvalue weighted by Crippen LogP contribution is 2.15. The highest BCUT2D eigenvalue weighted by molar-refractivity contribution is 7.08. The minimum Gasteiger partial charge on any atom is -0.293 e.